The van der Waals surface area contributed by atoms with Gasteiger partial charge in [-0.15, -0.1) is 0 Å². The smallest absolute Gasteiger partial charge is 0.227 e. The van der Waals surface area contributed by atoms with Crippen LogP contribution in [0.5, 0.6) is 0 Å². The molecule has 0 amide bonds. The molecular formula is C11H20N4O. The standard InChI is InChI=1S/C9H14N4O.C2H6/c10-8-1-4-11-9(12-8)13-5-2-7(14)3-6-13;1-2/h1,4,7,14H,2-3,5-6H2,(H2,10,11,12);1-2H3. The predicted molar refractivity (Wildman–Crippen MR) is 65.2 cm³/mol. The number of anilines is 2. The number of aliphatic hydroxyl groups is 1. The molecule has 0 bridgehead atoms. The van der Waals surface area contributed by atoms with Crippen molar-refractivity contribution in [3.63, 3.8) is 0 Å². The SMILES string of the molecule is CC.Nc1ccnc(N2CCC(O)CC2)n1. The van der Waals surface area contributed by atoms with Gasteiger partial charge < -0.3 is 15.7 Å². The summed E-state index contributed by atoms with van der Waals surface area (Å²) in [5.74, 6) is 1.15. The zero-order chi connectivity index (χ0) is 12.0. The first-order chi connectivity index (χ1) is 7.75. The van der Waals surface area contributed by atoms with Gasteiger partial charge in [-0.1, -0.05) is 13.8 Å². The minimum Gasteiger partial charge on any atom is -0.393 e. The lowest BCUT2D eigenvalue weighted by Crippen LogP contribution is -2.36. The lowest BCUT2D eigenvalue weighted by molar-refractivity contribution is 0.145. The summed E-state index contributed by atoms with van der Waals surface area (Å²) in [7, 11) is 0. The van der Waals surface area contributed by atoms with E-state index >= 15 is 0 Å². The van der Waals surface area contributed by atoms with Crippen molar-refractivity contribution >= 4 is 11.8 Å². The van der Waals surface area contributed by atoms with Crippen molar-refractivity contribution in [2.75, 3.05) is 23.7 Å². The Hall–Kier alpha value is -1.36. The third-order valence-electron chi connectivity index (χ3n) is 2.41. The fraction of sp³-hybridized carbons (Fsp3) is 0.636. The third kappa shape index (κ3) is 3.34. The van der Waals surface area contributed by atoms with Gasteiger partial charge in [-0.2, -0.15) is 4.98 Å². The van der Waals surface area contributed by atoms with Crippen LogP contribution >= 0.6 is 0 Å². The van der Waals surface area contributed by atoms with Gasteiger partial charge in [0.25, 0.3) is 0 Å². The maximum absolute atomic E-state index is 9.34. The molecule has 16 heavy (non-hydrogen) atoms. The number of hydrogen-bond donors (Lipinski definition) is 2. The maximum Gasteiger partial charge on any atom is 0.227 e. The van der Waals surface area contributed by atoms with Crippen molar-refractivity contribution in [3.8, 4) is 0 Å². The number of rotatable bonds is 1. The molecule has 0 spiro atoms. The highest BCUT2D eigenvalue weighted by Crippen LogP contribution is 2.16. The molecule has 90 valence electrons. The number of aromatic nitrogens is 2. The largest absolute Gasteiger partial charge is 0.393 e. The van der Waals surface area contributed by atoms with Gasteiger partial charge in [0.05, 0.1) is 6.10 Å². The van der Waals surface area contributed by atoms with Gasteiger partial charge in [-0.05, 0) is 18.9 Å². The van der Waals surface area contributed by atoms with E-state index in [0.29, 0.717) is 11.8 Å². The highest BCUT2D eigenvalue weighted by atomic mass is 16.3. The summed E-state index contributed by atoms with van der Waals surface area (Å²) in [5, 5.41) is 9.34. The number of hydrogen-bond acceptors (Lipinski definition) is 5. The van der Waals surface area contributed by atoms with Gasteiger partial charge >= 0.3 is 0 Å². The van der Waals surface area contributed by atoms with Crippen LogP contribution in [-0.2, 0) is 0 Å². The Morgan fingerprint density at radius 1 is 1.38 bits per heavy atom. The second kappa shape index (κ2) is 6.27. The second-order valence-electron chi connectivity index (χ2n) is 3.50. The molecule has 0 aromatic carbocycles. The van der Waals surface area contributed by atoms with Crippen LogP contribution in [-0.4, -0.2) is 34.3 Å². The number of aliphatic hydroxyl groups excluding tert-OH is 1. The Morgan fingerprint density at radius 2 is 2.00 bits per heavy atom. The molecule has 0 saturated carbocycles. The topological polar surface area (TPSA) is 75.3 Å². The zero-order valence-corrected chi connectivity index (χ0v) is 9.93. The number of nitrogen functional groups attached to an aromatic ring is 1. The molecule has 1 fully saturated rings. The van der Waals surface area contributed by atoms with E-state index in [4.69, 9.17) is 5.73 Å². The molecule has 0 unspecified atom stereocenters. The van der Waals surface area contributed by atoms with Gasteiger partial charge in [-0.25, -0.2) is 4.98 Å². The van der Waals surface area contributed by atoms with Crippen molar-refractivity contribution in [2.45, 2.75) is 32.8 Å². The Labute approximate surface area is 96.3 Å². The van der Waals surface area contributed by atoms with Crippen LogP contribution < -0.4 is 10.6 Å². The van der Waals surface area contributed by atoms with E-state index in [1.54, 1.807) is 12.3 Å². The molecule has 2 rings (SSSR count). The highest BCUT2D eigenvalue weighted by molar-refractivity contribution is 5.37. The first-order valence-corrected chi connectivity index (χ1v) is 5.77. The Morgan fingerprint density at radius 3 is 2.56 bits per heavy atom. The summed E-state index contributed by atoms with van der Waals surface area (Å²) in [5.41, 5.74) is 5.57. The van der Waals surface area contributed by atoms with Gasteiger partial charge in [0, 0.05) is 19.3 Å². The van der Waals surface area contributed by atoms with E-state index in [1.807, 2.05) is 18.7 Å². The normalized spacial score (nSPS) is 16.6. The fourth-order valence-electron chi connectivity index (χ4n) is 1.58. The van der Waals surface area contributed by atoms with E-state index < -0.39 is 0 Å². The van der Waals surface area contributed by atoms with E-state index in [1.165, 1.54) is 0 Å². The van der Waals surface area contributed by atoms with Crippen LogP contribution in [0.2, 0.25) is 0 Å². The van der Waals surface area contributed by atoms with Crippen LogP contribution in [0.3, 0.4) is 0 Å². The van der Waals surface area contributed by atoms with E-state index in [9.17, 15) is 5.11 Å². The number of piperidine rings is 1. The first kappa shape index (κ1) is 12.7. The molecule has 3 N–H and O–H groups in total. The molecule has 1 aliphatic heterocycles. The molecule has 1 aromatic heterocycles. The van der Waals surface area contributed by atoms with Crippen LogP contribution in [0.1, 0.15) is 26.7 Å². The molecule has 0 aliphatic carbocycles. The summed E-state index contributed by atoms with van der Waals surface area (Å²) >= 11 is 0. The third-order valence-corrected chi connectivity index (χ3v) is 2.41. The molecule has 1 saturated heterocycles. The van der Waals surface area contributed by atoms with Gasteiger partial charge in [0.2, 0.25) is 5.95 Å². The monoisotopic (exact) mass is 224 g/mol. The highest BCUT2D eigenvalue weighted by Gasteiger charge is 2.18. The fourth-order valence-corrected chi connectivity index (χ4v) is 1.58. The van der Waals surface area contributed by atoms with Gasteiger partial charge in [-0.3, -0.25) is 0 Å². The van der Waals surface area contributed by atoms with E-state index in [0.717, 1.165) is 25.9 Å². The number of nitrogens with two attached hydrogens (primary N) is 1. The van der Waals surface area contributed by atoms with Gasteiger partial charge in [0.1, 0.15) is 5.82 Å². The molecule has 1 aliphatic rings. The summed E-state index contributed by atoms with van der Waals surface area (Å²) in [6.45, 7) is 5.59. The summed E-state index contributed by atoms with van der Waals surface area (Å²) in [6.07, 6.45) is 3.03. The molecule has 2 heterocycles. The molecular weight excluding hydrogens is 204 g/mol. The van der Waals surface area contributed by atoms with Gasteiger partial charge in [0.15, 0.2) is 0 Å². The lowest BCUT2D eigenvalue weighted by Gasteiger charge is -2.29. The predicted octanol–water partition coefficient (Wildman–Crippen LogP) is 1.05. The van der Waals surface area contributed by atoms with Crippen molar-refractivity contribution in [1.82, 2.24) is 9.97 Å². The van der Waals surface area contributed by atoms with Crippen LogP contribution in [0, 0.1) is 0 Å². The summed E-state index contributed by atoms with van der Waals surface area (Å²) in [4.78, 5) is 10.3. The molecule has 0 radical (unpaired) electrons. The van der Waals surface area contributed by atoms with Crippen molar-refractivity contribution in [1.29, 1.82) is 0 Å². The second-order valence-corrected chi connectivity index (χ2v) is 3.50. The quantitative estimate of drug-likeness (QED) is 0.745. The minimum absolute atomic E-state index is 0.174. The zero-order valence-electron chi connectivity index (χ0n) is 9.93. The van der Waals surface area contributed by atoms with Crippen molar-refractivity contribution in [2.24, 2.45) is 0 Å². The summed E-state index contributed by atoms with van der Waals surface area (Å²) in [6, 6.07) is 1.67. The summed E-state index contributed by atoms with van der Waals surface area (Å²) < 4.78 is 0. The molecule has 5 nitrogen and oxygen atoms in total. The van der Waals surface area contributed by atoms with Crippen LogP contribution in [0.25, 0.3) is 0 Å². The van der Waals surface area contributed by atoms with E-state index in [-0.39, 0.29) is 6.10 Å². The Bertz CT molecular complexity index is 311. The number of nitrogens with zero attached hydrogens (tertiary/aromatic N) is 3. The first-order valence-electron chi connectivity index (χ1n) is 5.77. The lowest BCUT2D eigenvalue weighted by atomic mass is 10.1. The average molecular weight is 224 g/mol. The minimum atomic E-state index is -0.174. The Balaban J connectivity index is 0.000000606. The molecule has 0 atom stereocenters. The molecule has 1 aromatic rings. The van der Waals surface area contributed by atoms with Crippen molar-refractivity contribution in [3.05, 3.63) is 12.3 Å². The van der Waals surface area contributed by atoms with Crippen LogP contribution in [0.4, 0.5) is 11.8 Å². The van der Waals surface area contributed by atoms with E-state index in [2.05, 4.69) is 9.97 Å². The van der Waals surface area contributed by atoms with Crippen LogP contribution in [0.15, 0.2) is 12.3 Å². The Kier molecular flexibility index (Phi) is 4.98. The molecule has 5 heteroatoms. The van der Waals surface area contributed by atoms with Crippen molar-refractivity contribution < 1.29 is 5.11 Å². The maximum atomic E-state index is 9.34. The average Bonchev–Trinajstić information content (AvgIpc) is 2.32.